The first-order valence-electron chi connectivity index (χ1n) is 5.11. The molecule has 5 heteroatoms. The van der Waals surface area contributed by atoms with Gasteiger partial charge in [0.25, 0.3) is 0 Å². The van der Waals surface area contributed by atoms with Gasteiger partial charge in [-0.05, 0) is 6.42 Å². The van der Waals surface area contributed by atoms with Crippen LogP contribution in [0.3, 0.4) is 0 Å². The molecule has 0 spiro atoms. The Morgan fingerprint density at radius 2 is 2.33 bits per heavy atom. The lowest BCUT2D eigenvalue weighted by Crippen LogP contribution is -2.28. The van der Waals surface area contributed by atoms with Gasteiger partial charge in [-0.15, -0.1) is 0 Å². The van der Waals surface area contributed by atoms with Gasteiger partial charge in [0.2, 0.25) is 5.88 Å². The van der Waals surface area contributed by atoms with Crippen LogP contribution >= 0.6 is 0 Å². The summed E-state index contributed by atoms with van der Waals surface area (Å²) < 4.78 is 4.99. The van der Waals surface area contributed by atoms with Crippen molar-refractivity contribution in [1.82, 2.24) is 9.97 Å². The van der Waals surface area contributed by atoms with Crippen LogP contribution in [0.25, 0.3) is 0 Å². The fraction of sp³-hybridized carbons (Fsp3) is 0.600. The Kier molecular flexibility index (Phi) is 4.83. The average Bonchev–Trinajstić information content (AvgIpc) is 2.27. The average molecular weight is 210 g/mol. The number of rotatable bonds is 6. The minimum Gasteiger partial charge on any atom is -0.481 e. The molecule has 15 heavy (non-hydrogen) atoms. The highest BCUT2D eigenvalue weighted by Crippen LogP contribution is 2.09. The van der Waals surface area contributed by atoms with Gasteiger partial charge < -0.3 is 15.8 Å². The minimum absolute atomic E-state index is 0.163. The van der Waals surface area contributed by atoms with Crippen LogP contribution in [0.15, 0.2) is 12.4 Å². The summed E-state index contributed by atoms with van der Waals surface area (Å²) in [7, 11) is 1.58. The molecule has 0 radical (unpaired) electrons. The quantitative estimate of drug-likeness (QED) is 0.733. The molecule has 5 nitrogen and oxygen atoms in total. The number of ether oxygens (including phenoxy) is 1. The Labute approximate surface area is 90.1 Å². The predicted octanol–water partition coefficient (Wildman–Crippen LogP) is 1.02. The van der Waals surface area contributed by atoms with E-state index in [0.29, 0.717) is 12.4 Å². The van der Waals surface area contributed by atoms with E-state index in [9.17, 15) is 0 Å². The fourth-order valence-corrected chi connectivity index (χ4v) is 1.26. The van der Waals surface area contributed by atoms with Crippen molar-refractivity contribution in [3.8, 4) is 5.88 Å². The highest BCUT2D eigenvalue weighted by molar-refractivity contribution is 5.37. The Balaban J connectivity index is 2.43. The van der Waals surface area contributed by atoms with E-state index < -0.39 is 0 Å². The number of nitrogens with one attached hydrogen (secondary N) is 1. The standard InChI is InChI=1S/C10H18N4O/c1-3-4-8(11)6-12-9-5-10(15-2)14-7-13-9/h5,7-8H,3-4,6,11H2,1-2H3,(H,12,13,14). The molecule has 1 unspecified atom stereocenters. The Bertz CT molecular complexity index is 293. The van der Waals surface area contributed by atoms with Crippen molar-refractivity contribution in [3.63, 3.8) is 0 Å². The van der Waals surface area contributed by atoms with Gasteiger partial charge in [-0.1, -0.05) is 13.3 Å². The summed E-state index contributed by atoms with van der Waals surface area (Å²) in [5.74, 6) is 1.30. The van der Waals surface area contributed by atoms with Gasteiger partial charge in [-0.25, -0.2) is 9.97 Å². The van der Waals surface area contributed by atoms with Gasteiger partial charge in [0.15, 0.2) is 0 Å². The minimum atomic E-state index is 0.163. The summed E-state index contributed by atoms with van der Waals surface area (Å²) >= 11 is 0. The zero-order valence-electron chi connectivity index (χ0n) is 9.23. The molecular formula is C10H18N4O. The third-order valence-electron chi connectivity index (χ3n) is 2.06. The summed E-state index contributed by atoms with van der Waals surface area (Å²) in [4.78, 5) is 7.98. The Hall–Kier alpha value is -1.36. The molecule has 0 fully saturated rings. The van der Waals surface area contributed by atoms with Crippen molar-refractivity contribution in [2.24, 2.45) is 5.73 Å². The second-order valence-electron chi connectivity index (χ2n) is 3.38. The fourth-order valence-electron chi connectivity index (χ4n) is 1.26. The zero-order chi connectivity index (χ0) is 11.1. The number of hydrogen-bond acceptors (Lipinski definition) is 5. The van der Waals surface area contributed by atoms with Crippen LogP contribution in [0.1, 0.15) is 19.8 Å². The molecule has 1 atom stereocenters. The van der Waals surface area contributed by atoms with Gasteiger partial charge in [-0.2, -0.15) is 0 Å². The molecule has 0 saturated carbocycles. The number of aromatic nitrogens is 2. The first-order valence-corrected chi connectivity index (χ1v) is 5.11. The smallest absolute Gasteiger partial charge is 0.218 e. The molecule has 0 amide bonds. The lowest BCUT2D eigenvalue weighted by Gasteiger charge is -2.11. The van der Waals surface area contributed by atoms with Crippen LogP contribution < -0.4 is 15.8 Å². The summed E-state index contributed by atoms with van der Waals surface area (Å²) in [6.45, 7) is 2.83. The normalized spacial score (nSPS) is 12.2. The maximum absolute atomic E-state index is 5.87. The summed E-state index contributed by atoms with van der Waals surface area (Å²) in [5, 5.41) is 3.15. The van der Waals surface area contributed by atoms with Crippen molar-refractivity contribution >= 4 is 5.82 Å². The van der Waals surface area contributed by atoms with Crippen molar-refractivity contribution in [1.29, 1.82) is 0 Å². The van der Waals surface area contributed by atoms with Crippen LogP contribution in [0.5, 0.6) is 5.88 Å². The number of anilines is 1. The first-order chi connectivity index (χ1) is 7.26. The maximum atomic E-state index is 5.87. The molecule has 1 aromatic rings. The topological polar surface area (TPSA) is 73.1 Å². The SMILES string of the molecule is CCCC(N)CNc1cc(OC)ncn1. The third kappa shape index (κ3) is 4.12. The van der Waals surface area contributed by atoms with E-state index >= 15 is 0 Å². The number of hydrogen-bond donors (Lipinski definition) is 2. The molecule has 0 aliphatic carbocycles. The second-order valence-corrected chi connectivity index (χ2v) is 3.38. The number of nitrogens with two attached hydrogens (primary N) is 1. The molecule has 0 aliphatic rings. The van der Waals surface area contributed by atoms with Gasteiger partial charge in [0.1, 0.15) is 12.1 Å². The van der Waals surface area contributed by atoms with Crippen molar-refractivity contribution in [3.05, 3.63) is 12.4 Å². The van der Waals surface area contributed by atoms with Crippen molar-refractivity contribution in [2.45, 2.75) is 25.8 Å². The van der Waals surface area contributed by atoms with Crippen LogP contribution in [0, 0.1) is 0 Å². The van der Waals surface area contributed by atoms with E-state index in [2.05, 4.69) is 22.2 Å². The predicted molar refractivity (Wildman–Crippen MR) is 60.0 cm³/mol. The lowest BCUT2D eigenvalue weighted by molar-refractivity contribution is 0.397. The summed E-state index contributed by atoms with van der Waals surface area (Å²) in [6.07, 6.45) is 3.57. The molecule has 0 bridgehead atoms. The molecule has 84 valence electrons. The lowest BCUT2D eigenvalue weighted by atomic mass is 10.2. The van der Waals surface area contributed by atoms with E-state index in [1.165, 1.54) is 6.33 Å². The molecule has 3 N–H and O–H groups in total. The van der Waals surface area contributed by atoms with Crippen LogP contribution in [0.4, 0.5) is 5.82 Å². The molecule has 0 aromatic carbocycles. The van der Waals surface area contributed by atoms with E-state index in [-0.39, 0.29) is 6.04 Å². The van der Waals surface area contributed by atoms with Gasteiger partial charge in [0.05, 0.1) is 7.11 Å². The molecular weight excluding hydrogens is 192 g/mol. The molecule has 0 aliphatic heterocycles. The second kappa shape index (κ2) is 6.19. The Morgan fingerprint density at radius 3 is 3.00 bits per heavy atom. The molecule has 0 saturated heterocycles. The Morgan fingerprint density at radius 1 is 1.53 bits per heavy atom. The summed E-state index contributed by atoms with van der Waals surface area (Å²) in [5.41, 5.74) is 5.87. The molecule has 1 aromatic heterocycles. The third-order valence-corrected chi connectivity index (χ3v) is 2.06. The molecule has 1 rings (SSSR count). The van der Waals surface area contributed by atoms with E-state index in [1.54, 1.807) is 13.2 Å². The van der Waals surface area contributed by atoms with Crippen LogP contribution in [-0.4, -0.2) is 29.7 Å². The molecule has 1 heterocycles. The van der Waals surface area contributed by atoms with Crippen LogP contribution in [-0.2, 0) is 0 Å². The van der Waals surface area contributed by atoms with E-state index in [0.717, 1.165) is 18.7 Å². The van der Waals surface area contributed by atoms with Gasteiger partial charge in [0, 0.05) is 18.7 Å². The maximum Gasteiger partial charge on any atom is 0.218 e. The summed E-state index contributed by atoms with van der Waals surface area (Å²) in [6, 6.07) is 1.91. The highest BCUT2D eigenvalue weighted by atomic mass is 16.5. The van der Waals surface area contributed by atoms with Crippen molar-refractivity contribution < 1.29 is 4.74 Å². The van der Waals surface area contributed by atoms with E-state index in [1.807, 2.05) is 0 Å². The van der Waals surface area contributed by atoms with E-state index in [4.69, 9.17) is 10.5 Å². The largest absolute Gasteiger partial charge is 0.481 e. The zero-order valence-corrected chi connectivity index (χ0v) is 9.23. The van der Waals surface area contributed by atoms with Crippen molar-refractivity contribution in [2.75, 3.05) is 19.0 Å². The van der Waals surface area contributed by atoms with Crippen LogP contribution in [0.2, 0.25) is 0 Å². The van der Waals surface area contributed by atoms with Gasteiger partial charge >= 0.3 is 0 Å². The monoisotopic (exact) mass is 210 g/mol. The highest BCUT2D eigenvalue weighted by Gasteiger charge is 2.02. The number of nitrogens with zero attached hydrogens (tertiary/aromatic N) is 2. The number of methoxy groups -OCH3 is 1. The van der Waals surface area contributed by atoms with Gasteiger partial charge in [-0.3, -0.25) is 0 Å². The first kappa shape index (κ1) is 11.7.